The number of aryl methyl sites for hydroxylation is 2. The molecular weight excluding hydrogens is 400 g/mol. The van der Waals surface area contributed by atoms with Crippen molar-refractivity contribution in [2.45, 2.75) is 18.5 Å². The Morgan fingerprint density at radius 2 is 1.73 bits per heavy atom. The van der Waals surface area contributed by atoms with E-state index < -0.39 is 9.84 Å². The molecule has 0 aliphatic heterocycles. The largest absolute Gasteiger partial charge is 0.334 e. The van der Waals surface area contributed by atoms with Gasteiger partial charge in [-0.15, -0.1) is 0 Å². The number of fused-ring (bicyclic) bond motifs is 1. The first-order chi connectivity index (χ1) is 14.3. The Morgan fingerprint density at radius 1 is 1.00 bits per heavy atom. The summed E-state index contributed by atoms with van der Waals surface area (Å²) in [5, 5.41) is -0.171. The van der Waals surface area contributed by atoms with Crippen LogP contribution in [0.4, 0.5) is 11.5 Å². The van der Waals surface area contributed by atoms with Crippen LogP contribution < -0.4 is 4.90 Å². The van der Waals surface area contributed by atoms with Gasteiger partial charge in [0.05, 0.1) is 18.0 Å². The highest BCUT2D eigenvalue weighted by atomic mass is 32.2. The minimum Gasteiger partial charge on any atom is -0.334 e. The summed E-state index contributed by atoms with van der Waals surface area (Å²) in [6.07, 6.45) is 8.56. The van der Waals surface area contributed by atoms with Crippen molar-refractivity contribution in [2.24, 2.45) is 7.05 Å². The SMILES string of the molecule is CCc1cc(-c2cnc(S(C)(=O)=O)nc2)ccc1N(C)c1cc2c(cn1)ncn2C. The average Bonchev–Trinajstić information content (AvgIpc) is 3.12. The zero-order valence-electron chi connectivity index (χ0n) is 17.2. The standard InChI is InChI=1S/C21H22N6O2S/c1-5-14-8-15(16-10-23-21(24-11-16)30(4,28)29)6-7-18(14)27(3)20-9-19-17(12-22-20)25-13-26(19)2/h6-13H,5H2,1-4H3. The molecular formula is C21H22N6O2S. The number of anilines is 2. The van der Waals surface area contributed by atoms with Crippen LogP contribution >= 0.6 is 0 Å². The molecule has 0 aliphatic rings. The number of hydrogen-bond acceptors (Lipinski definition) is 7. The molecule has 3 aromatic heterocycles. The smallest absolute Gasteiger partial charge is 0.246 e. The van der Waals surface area contributed by atoms with Gasteiger partial charge in [-0.1, -0.05) is 13.0 Å². The lowest BCUT2D eigenvalue weighted by atomic mass is 10.0. The zero-order valence-corrected chi connectivity index (χ0v) is 18.1. The van der Waals surface area contributed by atoms with Gasteiger partial charge in [0.15, 0.2) is 0 Å². The van der Waals surface area contributed by atoms with Crippen LogP contribution in [0.25, 0.3) is 22.2 Å². The molecule has 8 nitrogen and oxygen atoms in total. The summed E-state index contributed by atoms with van der Waals surface area (Å²) in [5.41, 5.74) is 5.75. The van der Waals surface area contributed by atoms with Gasteiger partial charge in [-0.3, -0.25) is 0 Å². The lowest BCUT2D eigenvalue weighted by Gasteiger charge is -2.22. The van der Waals surface area contributed by atoms with Crippen LogP contribution in [0.2, 0.25) is 0 Å². The molecule has 0 spiro atoms. The zero-order chi connectivity index (χ0) is 21.5. The first-order valence-electron chi connectivity index (χ1n) is 9.44. The molecule has 0 saturated heterocycles. The second kappa shape index (κ2) is 7.49. The van der Waals surface area contributed by atoms with Crippen molar-refractivity contribution in [1.82, 2.24) is 24.5 Å². The van der Waals surface area contributed by atoms with Gasteiger partial charge in [0.2, 0.25) is 15.0 Å². The summed E-state index contributed by atoms with van der Waals surface area (Å²) in [6, 6.07) is 8.11. The van der Waals surface area contributed by atoms with Crippen LogP contribution in [-0.4, -0.2) is 46.2 Å². The van der Waals surface area contributed by atoms with E-state index in [1.54, 1.807) is 24.9 Å². The quantitative estimate of drug-likeness (QED) is 0.456. The van der Waals surface area contributed by atoms with Crippen LogP contribution in [0.15, 0.2) is 54.3 Å². The van der Waals surface area contributed by atoms with Crippen molar-refractivity contribution in [3.63, 3.8) is 0 Å². The Kier molecular flexibility index (Phi) is 4.98. The third kappa shape index (κ3) is 3.63. The number of hydrogen-bond donors (Lipinski definition) is 0. The number of nitrogens with zero attached hydrogens (tertiary/aromatic N) is 6. The number of pyridine rings is 1. The molecule has 0 unspecified atom stereocenters. The monoisotopic (exact) mass is 422 g/mol. The van der Waals surface area contributed by atoms with E-state index in [-0.39, 0.29) is 5.16 Å². The minimum atomic E-state index is -3.42. The molecule has 30 heavy (non-hydrogen) atoms. The van der Waals surface area contributed by atoms with Crippen LogP contribution in [0.5, 0.6) is 0 Å². The van der Waals surface area contributed by atoms with Gasteiger partial charge in [-0.25, -0.2) is 28.4 Å². The van der Waals surface area contributed by atoms with Crippen LogP contribution in [0.1, 0.15) is 12.5 Å². The molecule has 0 aliphatic carbocycles. The van der Waals surface area contributed by atoms with E-state index in [9.17, 15) is 8.42 Å². The highest BCUT2D eigenvalue weighted by Crippen LogP contribution is 2.31. The van der Waals surface area contributed by atoms with Crippen molar-refractivity contribution in [2.75, 3.05) is 18.2 Å². The Bertz CT molecular complexity index is 1330. The van der Waals surface area contributed by atoms with Gasteiger partial charge in [0.1, 0.15) is 11.3 Å². The number of rotatable bonds is 5. The normalized spacial score (nSPS) is 11.7. The summed E-state index contributed by atoms with van der Waals surface area (Å²) in [5.74, 6) is 0.828. The van der Waals surface area contributed by atoms with Gasteiger partial charge in [-0.05, 0) is 29.7 Å². The van der Waals surface area contributed by atoms with Crippen molar-refractivity contribution in [1.29, 1.82) is 0 Å². The minimum absolute atomic E-state index is 0.171. The highest BCUT2D eigenvalue weighted by molar-refractivity contribution is 7.90. The van der Waals surface area contributed by atoms with Crippen molar-refractivity contribution in [3.8, 4) is 11.1 Å². The van der Waals surface area contributed by atoms with Gasteiger partial charge >= 0.3 is 0 Å². The molecule has 0 radical (unpaired) electrons. The van der Waals surface area contributed by atoms with Gasteiger partial charge in [0.25, 0.3) is 0 Å². The molecule has 9 heteroatoms. The van der Waals surface area contributed by atoms with E-state index in [0.29, 0.717) is 0 Å². The Balaban J connectivity index is 1.70. The number of benzene rings is 1. The fourth-order valence-electron chi connectivity index (χ4n) is 3.36. The van der Waals surface area contributed by atoms with E-state index in [4.69, 9.17) is 0 Å². The summed E-state index contributed by atoms with van der Waals surface area (Å²) in [4.78, 5) is 18.9. The summed E-state index contributed by atoms with van der Waals surface area (Å²) < 4.78 is 25.1. The molecule has 0 amide bonds. The fraction of sp³-hybridized carbons (Fsp3) is 0.238. The molecule has 154 valence electrons. The maximum atomic E-state index is 11.6. The third-order valence-electron chi connectivity index (χ3n) is 5.06. The predicted molar refractivity (Wildman–Crippen MR) is 117 cm³/mol. The third-order valence-corrected chi connectivity index (χ3v) is 5.93. The second-order valence-corrected chi connectivity index (χ2v) is 9.08. The van der Waals surface area contributed by atoms with Crippen molar-refractivity contribution in [3.05, 3.63) is 54.7 Å². The Morgan fingerprint density at radius 3 is 2.40 bits per heavy atom. The molecule has 0 bridgehead atoms. The van der Waals surface area contributed by atoms with Gasteiger partial charge in [-0.2, -0.15) is 0 Å². The maximum absolute atomic E-state index is 11.6. The molecule has 0 saturated carbocycles. The van der Waals surface area contributed by atoms with Crippen LogP contribution in [-0.2, 0) is 23.3 Å². The lowest BCUT2D eigenvalue weighted by molar-refractivity contribution is 0.593. The highest BCUT2D eigenvalue weighted by Gasteiger charge is 2.14. The predicted octanol–water partition coefficient (Wildman–Crippen LogP) is 3.16. The first kappa shape index (κ1) is 20.0. The topological polar surface area (TPSA) is 93.9 Å². The van der Waals surface area contributed by atoms with Gasteiger partial charge in [0, 0.05) is 50.1 Å². The van der Waals surface area contributed by atoms with Crippen LogP contribution in [0.3, 0.4) is 0 Å². The number of aromatic nitrogens is 5. The fourth-order valence-corrected chi connectivity index (χ4v) is 3.85. The van der Waals surface area contributed by atoms with E-state index in [1.807, 2.05) is 36.9 Å². The molecule has 4 aromatic rings. The van der Waals surface area contributed by atoms with Gasteiger partial charge < -0.3 is 9.47 Å². The molecule has 0 fully saturated rings. The maximum Gasteiger partial charge on any atom is 0.246 e. The summed E-state index contributed by atoms with van der Waals surface area (Å²) >= 11 is 0. The van der Waals surface area contributed by atoms with Crippen LogP contribution in [0, 0.1) is 0 Å². The Hall–Kier alpha value is -3.33. The lowest BCUT2D eigenvalue weighted by Crippen LogP contribution is -2.13. The second-order valence-electron chi connectivity index (χ2n) is 7.17. The number of sulfone groups is 1. The van der Waals surface area contributed by atoms with Crippen molar-refractivity contribution < 1.29 is 8.42 Å². The van der Waals surface area contributed by atoms with Crippen molar-refractivity contribution >= 4 is 32.4 Å². The van der Waals surface area contributed by atoms with E-state index in [0.717, 1.165) is 51.9 Å². The molecule has 0 N–H and O–H groups in total. The Labute approximate surface area is 175 Å². The number of imidazole rings is 1. The van der Waals surface area contributed by atoms with E-state index >= 15 is 0 Å². The average molecular weight is 423 g/mol. The first-order valence-corrected chi connectivity index (χ1v) is 11.3. The van der Waals surface area contributed by atoms with E-state index in [2.05, 4.69) is 37.8 Å². The molecule has 4 rings (SSSR count). The molecule has 0 atom stereocenters. The molecule has 1 aromatic carbocycles. The summed E-state index contributed by atoms with van der Waals surface area (Å²) in [6.45, 7) is 2.09. The molecule has 3 heterocycles. The van der Waals surface area contributed by atoms with E-state index in [1.165, 1.54) is 0 Å². The summed E-state index contributed by atoms with van der Waals surface area (Å²) in [7, 11) is 0.530.